The highest BCUT2D eigenvalue weighted by atomic mass is 16.5. The van der Waals surface area contributed by atoms with E-state index in [1.54, 1.807) is 0 Å². The third kappa shape index (κ3) is 9.45. The molecule has 0 aromatic heterocycles. The number of hydrogen-bond acceptors (Lipinski definition) is 2. The van der Waals surface area contributed by atoms with Gasteiger partial charge in [-0.15, -0.1) is 0 Å². The van der Waals surface area contributed by atoms with Crippen molar-refractivity contribution in [2.45, 2.75) is 96.6 Å². The zero-order chi connectivity index (χ0) is 13.8. The molecule has 0 radical (unpaired) electrons. The Hall–Kier alpha value is -0.0800. The van der Waals surface area contributed by atoms with Gasteiger partial charge in [-0.25, -0.2) is 0 Å². The highest BCUT2D eigenvalue weighted by Gasteiger charge is 2.10. The molecule has 1 saturated carbocycles. The zero-order valence-electron chi connectivity index (χ0n) is 13.3. The summed E-state index contributed by atoms with van der Waals surface area (Å²) in [7, 11) is 0. The van der Waals surface area contributed by atoms with Crippen molar-refractivity contribution < 1.29 is 4.74 Å². The molecule has 1 fully saturated rings. The van der Waals surface area contributed by atoms with Crippen LogP contribution in [-0.2, 0) is 4.74 Å². The third-order valence-electron chi connectivity index (χ3n) is 4.25. The van der Waals surface area contributed by atoms with Crippen molar-refractivity contribution in [3.8, 4) is 0 Å². The Balaban J connectivity index is 2.22. The van der Waals surface area contributed by atoms with Crippen molar-refractivity contribution >= 4 is 0 Å². The normalized spacial score (nSPS) is 22.4. The first kappa shape index (κ1) is 17.0. The van der Waals surface area contributed by atoms with Crippen molar-refractivity contribution in [3.05, 3.63) is 0 Å². The lowest BCUT2D eigenvalue weighted by atomic mass is 9.98. The van der Waals surface area contributed by atoms with Gasteiger partial charge < -0.3 is 10.1 Å². The molecule has 2 heteroatoms. The van der Waals surface area contributed by atoms with Crippen LogP contribution in [-0.4, -0.2) is 25.3 Å². The summed E-state index contributed by atoms with van der Waals surface area (Å²) in [4.78, 5) is 0. The molecule has 1 N–H and O–H groups in total. The lowest BCUT2D eigenvalue weighted by Gasteiger charge is -2.22. The monoisotopic (exact) mass is 269 g/mol. The molecule has 2 nitrogen and oxygen atoms in total. The molecule has 0 heterocycles. The van der Waals surface area contributed by atoms with Crippen LogP contribution in [0.1, 0.15) is 84.5 Å². The van der Waals surface area contributed by atoms with Gasteiger partial charge in [0.25, 0.3) is 0 Å². The first-order valence-corrected chi connectivity index (χ1v) is 8.68. The fourth-order valence-corrected chi connectivity index (χ4v) is 3.04. The van der Waals surface area contributed by atoms with Gasteiger partial charge in [0.1, 0.15) is 0 Å². The first-order chi connectivity index (χ1) is 9.33. The molecular formula is C17H35NO. The fraction of sp³-hybridized carbons (Fsp3) is 1.00. The zero-order valence-corrected chi connectivity index (χ0v) is 13.3. The van der Waals surface area contributed by atoms with Crippen molar-refractivity contribution in [2.75, 3.05) is 13.2 Å². The van der Waals surface area contributed by atoms with E-state index in [0.717, 1.165) is 19.2 Å². The maximum atomic E-state index is 5.61. The van der Waals surface area contributed by atoms with Crippen LogP contribution in [0.3, 0.4) is 0 Å². The Bertz CT molecular complexity index is 184. The second-order valence-corrected chi connectivity index (χ2v) is 6.13. The number of nitrogens with one attached hydrogen (secondary N) is 1. The summed E-state index contributed by atoms with van der Waals surface area (Å²) in [5.41, 5.74) is 0. The van der Waals surface area contributed by atoms with Crippen LogP contribution in [0.4, 0.5) is 0 Å². The number of hydrogen-bond donors (Lipinski definition) is 1. The number of rotatable bonds is 5. The summed E-state index contributed by atoms with van der Waals surface area (Å²) in [6.07, 6.45) is 16.0. The minimum absolute atomic E-state index is 0.353. The second kappa shape index (κ2) is 11.7. The highest BCUT2D eigenvalue weighted by molar-refractivity contribution is 4.70. The van der Waals surface area contributed by atoms with Crippen molar-refractivity contribution in [3.63, 3.8) is 0 Å². The molecule has 19 heavy (non-hydrogen) atoms. The maximum Gasteiger partial charge on any atom is 0.0671 e. The Morgan fingerprint density at radius 3 is 1.84 bits per heavy atom. The van der Waals surface area contributed by atoms with Crippen LogP contribution in [0.15, 0.2) is 0 Å². The first-order valence-electron chi connectivity index (χ1n) is 8.68. The van der Waals surface area contributed by atoms with Gasteiger partial charge in [0.2, 0.25) is 0 Å². The Morgan fingerprint density at radius 2 is 1.37 bits per heavy atom. The summed E-state index contributed by atoms with van der Waals surface area (Å²) in [5, 5.41) is 3.73. The van der Waals surface area contributed by atoms with Crippen LogP contribution >= 0.6 is 0 Å². The molecule has 0 amide bonds. The summed E-state index contributed by atoms with van der Waals surface area (Å²) >= 11 is 0. The topological polar surface area (TPSA) is 21.3 Å². The molecule has 114 valence electrons. The molecule has 0 bridgehead atoms. The Morgan fingerprint density at radius 1 is 0.895 bits per heavy atom. The van der Waals surface area contributed by atoms with Gasteiger partial charge in [0.15, 0.2) is 0 Å². The van der Waals surface area contributed by atoms with Gasteiger partial charge in [-0.05, 0) is 26.7 Å². The van der Waals surface area contributed by atoms with Crippen molar-refractivity contribution in [2.24, 2.45) is 0 Å². The van der Waals surface area contributed by atoms with E-state index in [-0.39, 0.29) is 0 Å². The minimum atomic E-state index is 0.353. The van der Waals surface area contributed by atoms with E-state index in [4.69, 9.17) is 4.74 Å². The molecule has 1 aliphatic rings. The SMILES string of the molecule is CCOC(C)CNC1CCCCCCCCCCC1. The number of ether oxygens (including phenoxy) is 1. The molecule has 1 atom stereocenters. The molecule has 0 aromatic rings. The Kier molecular flexibility index (Phi) is 10.5. The lowest BCUT2D eigenvalue weighted by molar-refractivity contribution is 0.0732. The predicted molar refractivity (Wildman–Crippen MR) is 83.7 cm³/mol. The molecule has 0 saturated heterocycles. The quantitative estimate of drug-likeness (QED) is 0.783. The van der Waals surface area contributed by atoms with Gasteiger partial charge in [0.05, 0.1) is 6.10 Å². The van der Waals surface area contributed by atoms with E-state index in [1.165, 1.54) is 70.6 Å². The summed E-state index contributed by atoms with van der Waals surface area (Å²) in [6, 6.07) is 0.724. The van der Waals surface area contributed by atoms with E-state index in [9.17, 15) is 0 Å². The Labute approximate surface area is 120 Å². The van der Waals surface area contributed by atoms with E-state index in [2.05, 4.69) is 19.2 Å². The van der Waals surface area contributed by atoms with Gasteiger partial charge in [-0.1, -0.05) is 57.8 Å². The lowest BCUT2D eigenvalue weighted by Crippen LogP contribution is -2.35. The van der Waals surface area contributed by atoms with E-state index in [1.807, 2.05) is 0 Å². The van der Waals surface area contributed by atoms with Gasteiger partial charge >= 0.3 is 0 Å². The van der Waals surface area contributed by atoms with Crippen LogP contribution in [0.25, 0.3) is 0 Å². The summed E-state index contributed by atoms with van der Waals surface area (Å²) in [6.45, 7) is 6.09. The fourth-order valence-electron chi connectivity index (χ4n) is 3.04. The predicted octanol–water partition coefficient (Wildman–Crippen LogP) is 4.67. The van der Waals surface area contributed by atoms with Gasteiger partial charge in [-0.2, -0.15) is 0 Å². The smallest absolute Gasteiger partial charge is 0.0671 e. The average molecular weight is 269 g/mol. The molecule has 1 rings (SSSR count). The van der Waals surface area contributed by atoms with Gasteiger partial charge in [0, 0.05) is 19.2 Å². The third-order valence-corrected chi connectivity index (χ3v) is 4.25. The molecule has 0 spiro atoms. The molecular weight excluding hydrogens is 234 g/mol. The van der Waals surface area contributed by atoms with Gasteiger partial charge in [-0.3, -0.25) is 0 Å². The van der Waals surface area contributed by atoms with E-state index < -0.39 is 0 Å². The molecule has 1 aliphatic carbocycles. The van der Waals surface area contributed by atoms with Crippen molar-refractivity contribution in [1.82, 2.24) is 5.32 Å². The summed E-state index contributed by atoms with van der Waals surface area (Å²) < 4.78 is 5.61. The largest absolute Gasteiger partial charge is 0.377 e. The average Bonchev–Trinajstić information content (AvgIpc) is 2.38. The maximum absolute atomic E-state index is 5.61. The van der Waals surface area contributed by atoms with Crippen molar-refractivity contribution in [1.29, 1.82) is 0 Å². The van der Waals surface area contributed by atoms with Crippen LogP contribution in [0.5, 0.6) is 0 Å². The van der Waals surface area contributed by atoms with Crippen LogP contribution in [0, 0.1) is 0 Å². The minimum Gasteiger partial charge on any atom is -0.377 e. The van der Waals surface area contributed by atoms with Crippen LogP contribution in [0.2, 0.25) is 0 Å². The highest BCUT2D eigenvalue weighted by Crippen LogP contribution is 2.16. The van der Waals surface area contributed by atoms with Crippen LogP contribution < -0.4 is 5.32 Å². The summed E-state index contributed by atoms with van der Waals surface area (Å²) in [5.74, 6) is 0. The van der Waals surface area contributed by atoms with E-state index >= 15 is 0 Å². The standard InChI is InChI=1S/C17H35NO/c1-3-19-16(2)15-18-17-13-11-9-7-5-4-6-8-10-12-14-17/h16-18H,3-15H2,1-2H3. The molecule has 0 aliphatic heterocycles. The molecule has 1 unspecified atom stereocenters. The van der Waals surface area contributed by atoms with E-state index in [0.29, 0.717) is 6.10 Å². The second-order valence-electron chi connectivity index (χ2n) is 6.13. The molecule has 0 aromatic carbocycles.